The molecule has 0 spiro atoms. The van der Waals surface area contributed by atoms with E-state index in [2.05, 4.69) is 10.6 Å². The van der Waals surface area contributed by atoms with Crippen LogP contribution in [-0.2, 0) is 0 Å². The second-order valence-corrected chi connectivity index (χ2v) is 5.86. The number of halogens is 1. The Morgan fingerprint density at radius 2 is 1.62 bits per heavy atom. The lowest BCUT2D eigenvalue weighted by molar-refractivity contribution is 0.255. The van der Waals surface area contributed by atoms with Crippen LogP contribution in [0.2, 0.25) is 5.02 Å². The Labute approximate surface area is 157 Å². The molecule has 0 aliphatic carbocycles. The van der Waals surface area contributed by atoms with Crippen LogP contribution >= 0.6 is 11.6 Å². The first-order chi connectivity index (χ1) is 12.7. The number of hydrogen-bond donors (Lipinski definition) is 2. The predicted octanol–water partition coefficient (Wildman–Crippen LogP) is 5.92. The second-order valence-electron chi connectivity index (χ2n) is 5.43. The minimum atomic E-state index is -0.333. The zero-order valence-corrected chi connectivity index (χ0v) is 14.6. The molecule has 3 rings (SSSR count). The molecule has 2 N–H and O–H groups in total. The van der Waals surface area contributed by atoms with Crippen LogP contribution in [0.15, 0.2) is 85.1 Å². The van der Waals surface area contributed by atoms with Crippen molar-refractivity contribution in [3.05, 3.63) is 95.6 Å². The van der Waals surface area contributed by atoms with Gasteiger partial charge in [0, 0.05) is 16.9 Å². The zero-order chi connectivity index (χ0) is 18.2. The fourth-order valence-electron chi connectivity index (χ4n) is 2.22. The van der Waals surface area contributed by atoms with E-state index in [1.165, 1.54) is 0 Å². The van der Waals surface area contributed by atoms with Crippen LogP contribution in [-0.4, -0.2) is 6.03 Å². The van der Waals surface area contributed by atoms with Crippen molar-refractivity contribution in [2.24, 2.45) is 0 Å². The summed E-state index contributed by atoms with van der Waals surface area (Å²) in [6, 6.07) is 23.7. The number of anilines is 1. The van der Waals surface area contributed by atoms with Gasteiger partial charge in [0.2, 0.25) is 0 Å². The molecule has 0 atom stereocenters. The Balaban J connectivity index is 1.51. The van der Waals surface area contributed by atoms with Gasteiger partial charge >= 0.3 is 6.03 Å². The van der Waals surface area contributed by atoms with E-state index in [1.54, 1.807) is 42.6 Å². The number of ether oxygens (including phenoxy) is 1. The maximum Gasteiger partial charge on any atom is 0.323 e. The normalized spacial score (nSPS) is 10.5. The van der Waals surface area contributed by atoms with Gasteiger partial charge in [-0.05, 0) is 60.2 Å². The van der Waals surface area contributed by atoms with E-state index in [9.17, 15) is 4.79 Å². The highest BCUT2D eigenvalue weighted by molar-refractivity contribution is 6.30. The molecule has 0 fully saturated rings. The lowest BCUT2D eigenvalue weighted by atomic mass is 10.2. The van der Waals surface area contributed by atoms with Crippen LogP contribution in [0.4, 0.5) is 10.5 Å². The Kier molecular flexibility index (Phi) is 5.91. The molecular formula is C21H17ClN2O2. The maximum atomic E-state index is 11.9. The molecule has 3 aromatic carbocycles. The molecule has 3 aromatic rings. The smallest absolute Gasteiger partial charge is 0.323 e. The average molecular weight is 365 g/mol. The number of amides is 2. The van der Waals surface area contributed by atoms with Gasteiger partial charge in [0.15, 0.2) is 0 Å². The molecule has 26 heavy (non-hydrogen) atoms. The first kappa shape index (κ1) is 17.6. The number of nitrogens with one attached hydrogen (secondary N) is 2. The number of benzene rings is 3. The molecule has 0 saturated heterocycles. The predicted molar refractivity (Wildman–Crippen MR) is 106 cm³/mol. The van der Waals surface area contributed by atoms with Crippen LogP contribution in [0.5, 0.6) is 11.5 Å². The first-order valence-electron chi connectivity index (χ1n) is 8.02. The molecule has 0 radical (unpaired) electrons. The Hall–Kier alpha value is -3.24. The van der Waals surface area contributed by atoms with Crippen molar-refractivity contribution >= 4 is 29.4 Å². The summed E-state index contributed by atoms with van der Waals surface area (Å²) in [6.07, 6.45) is 3.33. The van der Waals surface area contributed by atoms with Crippen molar-refractivity contribution in [3.63, 3.8) is 0 Å². The summed E-state index contributed by atoms with van der Waals surface area (Å²) in [5.41, 5.74) is 1.57. The summed E-state index contributed by atoms with van der Waals surface area (Å²) < 4.78 is 5.71. The molecule has 0 unspecified atom stereocenters. The molecule has 2 amide bonds. The minimum Gasteiger partial charge on any atom is -0.457 e. The number of carbonyl (C=O) groups is 1. The summed E-state index contributed by atoms with van der Waals surface area (Å²) in [5, 5.41) is 6.04. The average Bonchev–Trinajstić information content (AvgIpc) is 2.64. The van der Waals surface area contributed by atoms with Crippen LogP contribution < -0.4 is 15.4 Å². The minimum absolute atomic E-state index is 0.333. The Morgan fingerprint density at radius 3 is 2.35 bits per heavy atom. The van der Waals surface area contributed by atoms with Crippen molar-refractivity contribution in [1.29, 1.82) is 0 Å². The number of para-hydroxylation sites is 1. The van der Waals surface area contributed by atoms with Crippen molar-refractivity contribution in [2.75, 3.05) is 5.32 Å². The van der Waals surface area contributed by atoms with Crippen LogP contribution in [0.25, 0.3) is 6.08 Å². The van der Waals surface area contributed by atoms with Crippen molar-refractivity contribution in [2.45, 2.75) is 0 Å². The number of urea groups is 1. The topological polar surface area (TPSA) is 50.4 Å². The summed E-state index contributed by atoms with van der Waals surface area (Å²) in [5.74, 6) is 1.46. The highest BCUT2D eigenvalue weighted by Gasteiger charge is 2.01. The van der Waals surface area contributed by atoms with E-state index >= 15 is 0 Å². The molecular weight excluding hydrogens is 348 g/mol. The van der Waals surface area contributed by atoms with E-state index in [-0.39, 0.29) is 6.03 Å². The Morgan fingerprint density at radius 1 is 0.885 bits per heavy atom. The van der Waals surface area contributed by atoms with E-state index in [0.29, 0.717) is 16.5 Å². The highest BCUT2D eigenvalue weighted by Crippen LogP contribution is 2.22. The van der Waals surface area contributed by atoms with Gasteiger partial charge in [-0.25, -0.2) is 4.79 Å². The van der Waals surface area contributed by atoms with Crippen LogP contribution in [0.3, 0.4) is 0 Å². The van der Waals surface area contributed by atoms with Crippen molar-refractivity contribution in [3.8, 4) is 11.5 Å². The third-order valence-corrected chi connectivity index (χ3v) is 3.67. The standard InChI is InChI=1S/C21H17ClN2O2/c22-17-6-4-5-16(15-17)13-14-23-21(25)24-18-9-11-20(12-10-18)26-19-7-2-1-3-8-19/h1-15H,(H2,23,24,25)/b14-13+. The van der Waals surface area contributed by atoms with Crippen molar-refractivity contribution < 1.29 is 9.53 Å². The van der Waals surface area contributed by atoms with Gasteiger partial charge in [-0.15, -0.1) is 0 Å². The first-order valence-corrected chi connectivity index (χ1v) is 8.39. The molecule has 0 aromatic heterocycles. The lowest BCUT2D eigenvalue weighted by Gasteiger charge is -2.08. The van der Waals surface area contributed by atoms with Gasteiger partial charge in [0.25, 0.3) is 0 Å². The molecule has 0 heterocycles. The third kappa shape index (κ3) is 5.40. The SMILES string of the molecule is O=C(N/C=C/c1cccc(Cl)c1)Nc1ccc(Oc2ccccc2)cc1. The summed E-state index contributed by atoms with van der Waals surface area (Å²) in [6.45, 7) is 0. The Bertz CT molecular complexity index is 893. The zero-order valence-electron chi connectivity index (χ0n) is 13.9. The third-order valence-electron chi connectivity index (χ3n) is 3.43. The van der Waals surface area contributed by atoms with Crippen LogP contribution in [0.1, 0.15) is 5.56 Å². The molecule has 0 aliphatic heterocycles. The van der Waals surface area contributed by atoms with Crippen LogP contribution in [0, 0.1) is 0 Å². The van der Waals surface area contributed by atoms with E-state index in [0.717, 1.165) is 11.3 Å². The summed E-state index contributed by atoms with van der Waals surface area (Å²) in [7, 11) is 0. The number of carbonyl (C=O) groups excluding carboxylic acids is 1. The van der Waals surface area contributed by atoms with Gasteiger partial charge in [0.05, 0.1) is 0 Å². The second kappa shape index (κ2) is 8.74. The van der Waals surface area contributed by atoms with E-state index in [4.69, 9.17) is 16.3 Å². The van der Waals surface area contributed by atoms with Gasteiger partial charge in [-0.1, -0.05) is 41.9 Å². The quantitative estimate of drug-likeness (QED) is 0.590. The van der Waals surface area contributed by atoms with Gasteiger partial charge in [0.1, 0.15) is 11.5 Å². The molecule has 0 aliphatic rings. The summed E-state index contributed by atoms with van der Waals surface area (Å²) >= 11 is 5.91. The number of rotatable bonds is 5. The molecule has 0 bridgehead atoms. The molecule has 5 heteroatoms. The molecule has 0 saturated carbocycles. The van der Waals surface area contributed by atoms with E-state index in [1.807, 2.05) is 48.5 Å². The monoisotopic (exact) mass is 364 g/mol. The maximum absolute atomic E-state index is 11.9. The van der Waals surface area contributed by atoms with Gasteiger partial charge in [-0.3, -0.25) is 0 Å². The fourth-order valence-corrected chi connectivity index (χ4v) is 2.42. The summed E-state index contributed by atoms with van der Waals surface area (Å²) in [4.78, 5) is 11.9. The fraction of sp³-hybridized carbons (Fsp3) is 0. The molecule has 4 nitrogen and oxygen atoms in total. The largest absolute Gasteiger partial charge is 0.457 e. The van der Waals surface area contributed by atoms with E-state index < -0.39 is 0 Å². The highest BCUT2D eigenvalue weighted by atomic mass is 35.5. The lowest BCUT2D eigenvalue weighted by Crippen LogP contribution is -2.23. The van der Waals surface area contributed by atoms with Gasteiger partial charge < -0.3 is 15.4 Å². The van der Waals surface area contributed by atoms with Crippen molar-refractivity contribution in [1.82, 2.24) is 5.32 Å². The molecule has 130 valence electrons. The number of hydrogen-bond acceptors (Lipinski definition) is 2. The van der Waals surface area contributed by atoms with Gasteiger partial charge in [-0.2, -0.15) is 0 Å².